The third-order valence-corrected chi connectivity index (χ3v) is 3.22. The Labute approximate surface area is 98.9 Å². The highest BCUT2D eigenvalue weighted by Gasteiger charge is 2.32. The van der Waals surface area contributed by atoms with Gasteiger partial charge in [-0.2, -0.15) is 0 Å². The first-order chi connectivity index (χ1) is 7.68. The molecule has 0 saturated heterocycles. The van der Waals surface area contributed by atoms with Gasteiger partial charge < -0.3 is 0 Å². The van der Waals surface area contributed by atoms with E-state index in [4.69, 9.17) is 11.6 Å². The molecule has 0 fully saturated rings. The Balaban J connectivity index is 2.27. The highest BCUT2D eigenvalue weighted by molar-refractivity contribution is 6.30. The molecule has 0 spiro atoms. The van der Waals surface area contributed by atoms with E-state index in [0.29, 0.717) is 11.4 Å². The minimum Gasteiger partial charge on any atom is -0.264 e. The molecule has 3 nitrogen and oxygen atoms in total. The van der Waals surface area contributed by atoms with Gasteiger partial charge in [0.1, 0.15) is 0 Å². The Bertz CT molecular complexity index is 414. The Morgan fingerprint density at radius 2 is 1.81 bits per heavy atom. The summed E-state index contributed by atoms with van der Waals surface area (Å²) in [4.78, 5) is 10.8. The zero-order valence-corrected chi connectivity index (χ0v) is 9.43. The molecule has 2 rings (SSSR count). The minimum absolute atomic E-state index is 0.0303. The molecule has 0 bridgehead atoms. The van der Waals surface area contributed by atoms with Crippen molar-refractivity contribution in [2.75, 3.05) is 0 Å². The van der Waals surface area contributed by atoms with Crippen LogP contribution in [0.1, 0.15) is 24.3 Å². The highest BCUT2D eigenvalue weighted by atomic mass is 35.5. The maximum Gasteiger partial charge on any atom is 0.223 e. The number of benzene rings is 1. The lowest BCUT2D eigenvalue weighted by Gasteiger charge is -2.22. The quantitative estimate of drug-likeness (QED) is 0.449. The van der Waals surface area contributed by atoms with Crippen molar-refractivity contribution < 1.29 is 4.92 Å². The van der Waals surface area contributed by atoms with Gasteiger partial charge in [0.25, 0.3) is 0 Å². The highest BCUT2D eigenvalue weighted by Crippen LogP contribution is 2.31. The second kappa shape index (κ2) is 4.66. The summed E-state index contributed by atoms with van der Waals surface area (Å²) in [6.07, 6.45) is 5.15. The molecule has 2 atom stereocenters. The Kier molecular flexibility index (Phi) is 3.25. The number of nitrogens with zero attached hydrogens (tertiary/aromatic N) is 1. The van der Waals surface area contributed by atoms with Crippen molar-refractivity contribution in [2.24, 2.45) is 0 Å². The zero-order chi connectivity index (χ0) is 11.5. The number of hydrogen-bond donors (Lipinski definition) is 0. The van der Waals surface area contributed by atoms with Crippen molar-refractivity contribution in [1.82, 2.24) is 0 Å². The van der Waals surface area contributed by atoms with Crippen molar-refractivity contribution in [3.05, 3.63) is 57.1 Å². The van der Waals surface area contributed by atoms with Crippen LogP contribution >= 0.6 is 11.6 Å². The second-order valence-electron chi connectivity index (χ2n) is 3.95. The van der Waals surface area contributed by atoms with Crippen molar-refractivity contribution in [3.8, 4) is 0 Å². The summed E-state index contributed by atoms with van der Waals surface area (Å²) in [6.45, 7) is 0. The molecule has 1 aromatic carbocycles. The van der Waals surface area contributed by atoms with E-state index in [9.17, 15) is 10.1 Å². The predicted octanol–water partition coefficient (Wildman–Crippen LogP) is 3.42. The number of hydrogen-bond acceptors (Lipinski definition) is 2. The molecule has 1 aromatic rings. The zero-order valence-electron chi connectivity index (χ0n) is 8.67. The van der Waals surface area contributed by atoms with Crippen LogP contribution in [0.4, 0.5) is 0 Å². The third-order valence-electron chi connectivity index (χ3n) is 2.97. The van der Waals surface area contributed by atoms with Crippen molar-refractivity contribution in [1.29, 1.82) is 0 Å². The summed E-state index contributed by atoms with van der Waals surface area (Å²) >= 11 is 5.80. The molecule has 0 N–H and O–H groups in total. The fourth-order valence-corrected chi connectivity index (χ4v) is 2.23. The molecule has 0 saturated carbocycles. The van der Waals surface area contributed by atoms with E-state index < -0.39 is 6.04 Å². The van der Waals surface area contributed by atoms with Gasteiger partial charge in [0.05, 0.1) is 5.92 Å². The Morgan fingerprint density at radius 1 is 1.19 bits per heavy atom. The number of nitro groups is 1. The van der Waals surface area contributed by atoms with E-state index in [1.807, 2.05) is 24.3 Å². The van der Waals surface area contributed by atoms with Gasteiger partial charge in [-0.1, -0.05) is 35.9 Å². The van der Waals surface area contributed by atoms with Crippen molar-refractivity contribution in [2.45, 2.75) is 24.8 Å². The summed E-state index contributed by atoms with van der Waals surface area (Å²) in [6, 6.07) is 6.81. The number of halogens is 1. The predicted molar refractivity (Wildman–Crippen MR) is 63.3 cm³/mol. The molecule has 0 heterocycles. The van der Waals surface area contributed by atoms with Crippen LogP contribution in [0, 0.1) is 10.1 Å². The van der Waals surface area contributed by atoms with E-state index in [1.54, 1.807) is 12.1 Å². The van der Waals surface area contributed by atoms with E-state index in [0.717, 1.165) is 12.0 Å². The summed E-state index contributed by atoms with van der Waals surface area (Å²) in [5.41, 5.74) is 0.996. The fourth-order valence-electron chi connectivity index (χ4n) is 2.10. The molecule has 0 unspecified atom stereocenters. The molecule has 0 radical (unpaired) electrons. The molecule has 4 heteroatoms. The van der Waals surface area contributed by atoms with Crippen LogP contribution in [-0.4, -0.2) is 11.0 Å². The summed E-state index contributed by atoms with van der Waals surface area (Å²) in [5, 5.41) is 11.6. The fraction of sp³-hybridized carbons (Fsp3) is 0.333. The smallest absolute Gasteiger partial charge is 0.223 e. The molecular weight excluding hydrogens is 226 g/mol. The van der Waals surface area contributed by atoms with Crippen LogP contribution in [0.15, 0.2) is 36.4 Å². The van der Waals surface area contributed by atoms with Gasteiger partial charge in [-0.25, -0.2) is 0 Å². The van der Waals surface area contributed by atoms with Crippen molar-refractivity contribution in [3.63, 3.8) is 0 Å². The van der Waals surface area contributed by atoms with Gasteiger partial charge in [-0.3, -0.25) is 10.1 Å². The van der Waals surface area contributed by atoms with Gasteiger partial charge >= 0.3 is 0 Å². The second-order valence-corrected chi connectivity index (χ2v) is 4.39. The SMILES string of the molecule is O=[N+]([O-])[C@H]1CC=CC[C@@H]1c1ccc(Cl)cc1. The number of allylic oxidation sites excluding steroid dienone is 1. The average Bonchev–Trinajstić information content (AvgIpc) is 2.30. The third kappa shape index (κ3) is 2.25. The molecule has 1 aliphatic rings. The summed E-state index contributed by atoms with van der Waals surface area (Å²) in [7, 11) is 0. The van der Waals surface area contributed by atoms with Crippen molar-refractivity contribution >= 4 is 11.6 Å². The van der Waals surface area contributed by atoms with E-state index in [-0.39, 0.29) is 10.8 Å². The average molecular weight is 238 g/mol. The summed E-state index contributed by atoms with van der Waals surface area (Å²) in [5.74, 6) is -0.0303. The molecule has 0 aromatic heterocycles. The maximum absolute atomic E-state index is 11.0. The standard InChI is InChI=1S/C12H12ClNO2/c13-10-7-5-9(6-8-10)11-3-1-2-4-12(11)14(15)16/h1-2,5-8,11-12H,3-4H2/t11-,12+/m1/s1. The van der Waals surface area contributed by atoms with Gasteiger partial charge in [0, 0.05) is 16.4 Å². The maximum atomic E-state index is 11.0. The van der Waals surface area contributed by atoms with E-state index in [1.165, 1.54) is 0 Å². The molecule has 84 valence electrons. The molecule has 1 aliphatic carbocycles. The number of rotatable bonds is 2. The Morgan fingerprint density at radius 3 is 2.44 bits per heavy atom. The normalized spacial score (nSPS) is 24.3. The first-order valence-electron chi connectivity index (χ1n) is 5.22. The van der Waals surface area contributed by atoms with Crippen LogP contribution in [0.2, 0.25) is 5.02 Å². The van der Waals surface area contributed by atoms with Gasteiger partial charge in [0.15, 0.2) is 0 Å². The minimum atomic E-state index is -0.508. The lowest BCUT2D eigenvalue weighted by molar-refractivity contribution is -0.526. The first kappa shape index (κ1) is 11.1. The van der Waals surface area contributed by atoms with Gasteiger partial charge in [-0.15, -0.1) is 0 Å². The van der Waals surface area contributed by atoms with Gasteiger partial charge in [0.2, 0.25) is 6.04 Å². The van der Waals surface area contributed by atoms with Gasteiger partial charge in [-0.05, 0) is 24.1 Å². The van der Waals surface area contributed by atoms with Crippen LogP contribution in [0.25, 0.3) is 0 Å². The Hall–Kier alpha value is -1.35. The van der Waals surface area contributed by atoms with Crippen LogP contribution in [0.3, 0.4) is 0 Å². The molecule has 0 aliphatic heterocycles. The van der Waals surface area contributed by atoms with E-state index in [2.05, 4.69) is 0 Å². The topological polar surface area (TPSA) is 43.1 Å². The molecule has 16 heavy (non-hydrogen) atoms. The molecular formula is C12H12ClNO2. The largest absolute Gasteiger partial charge is 0.264 e. The first-order valence-corrected chi connectivity index (χ1v) is 5.60. The summed E-state index contributed by atoms with van der Waals surface area (Å²) < 4.78 is 0. The lowest BCUT2D eigenvalue weighted by atomic mass is 9.84. The van der Waals surface area contributed by atoms with Crippen LogP contribution < -0.4 is 0 Å². The van der Waals surface area contributed by atoms with Crippen LogP contribution in [-0.2, 0) is 0 Å². The van der Waals surface area contributed by atoms with E-state index >= 15 is 0 Å². The lowest BCUT2D eigenvalue weighted by Crippen LogP contribution is -2.28. The molecule has 0 amide bonds. The monoisotopic (exact) mass is 237 g/mol. The van der Waals surface area contributed by atoms with Crippen LogP contribution in [0.5, 0.6) is 0 Å².